The van der Waals surface area contributed by atoms with E-state index in [2.05, 4.69) is 0 Å². The highest BCUT2D eigenvalue weighted by Gasteiger charge is 2.37. The summed E-state index contributed by atoms with van der Waals surface area (Å²) in [6.07, 6.45) is 0.719. The molecule has 0 bridgehead atoms. The third kappa shape index (κ3) is 4.65. The van der Waals surface area contributed by atoms with E-state index >= 15 is 0 Å². The number of carboxylic acids is 1. The van der Waals surface area contributed by atoms with E-state index in [0.29, 0.717) is 34.9 Å². The molecule has 3 aromatic rings. The highest BCUT2D eigenvalue weighted by atomic mass is 16.5. The Morgan fingerprint density at radius 1 is 1.06 bits per heavy atom. The predicted molar refractivity (Wildman–Crippen MR) is 131 cm³/mol. The molecule has 0 spiro atoms. The molecule has 6 nitrogen and oxygen atoms in total. The van der Waals surface area contributed by atoms with Gasteiger partial charge in [-0.2, -0.15) is 0 Å². The van der Waals surface area contributed by atoms with Crippen molar-refractivity contribution in [1.82, 2.24) is 0 Å². The maximum atomic E-state index is 13.6. The van der Waals surface area contributed by atoms with Gasteiger partial charge in [0, 0.05) is 22.0 Å². The lowest BCUT2D eigenvalue weighted by Gasteiger charge is -2.19. The molecule has 0 saturated carbocycles. The van der Waals surface area contributed by atoms with Gasteiger partial charge < -0.3 is 19.5 Å². The summed E-state index contributed by atoms with van der Waals surface area (Å²) < 4.78 is 12.0. The van der Waals surface area contributed by atoms with Gasteiger partial charge in [-0.05, 0) is 31.0 Å². The van der Waals surface area contributed by atoms with Gasteiger partial charge >= 0.3 is 5.97 Å². The summed E-state index contributed by atoms with van der Waals surface area (Å²) in [5, 5.41) is 10.8. The minimum absolute atomic E-state index is 0.0435. The molecule has 1 aliphatic heterocycles. The zero-order valence-corrected chi connectivity index (χ0v) is 19.8. The summed E-state index contributed by atoms with van der Waals surface area (Å²) in [5.41, 5.74) is 2.73. The normalized spacial score (nSPS) is 13.2. The maximum Gasteiger partial charge on any atom is 0.307 e. The van der Waals surface area contributed by atoms with Gasteiger partial charge in [-0.3, -0.25) is 9.59 Å². The number of methoxy groups -OCH3 is 1. The summed E-state index contributed by atoms with van der Waals surface area (Å²) in [5.74, 6) is 0.236. The van der Waals surface area contributed by atoms with Crippen molar-refractivity contribution in [1.29, 1.82) is 0 Å². The average molecular weight is 450 g/mol. The summed E-state index contributed by atoms with van der Waals surface area (Å²) in [6.45, 7) is 8.39. The summed E-state index contributed by atoms with van der Waals surface area (Å²) in [7, 11) is 1.62. The van der Waals surface area contributed by atoms with Gasteiger partial charge in [0.2, 0.25) is 0 Å². The number of anilines is 1. The van der Waals surface area contributed by atoms with Gasteiger partial charge in [-0.1, -0.05) is 57.2 Å². The Hall–Kier alpha value is -3.54. The SMILES string of the molecule is CC.CCC(C)Oc1c2c(c(OC)c3ccccc13)CN(c1ccc(CC(=O)O)cc1)C2=O. The van der Waals surface area contributed by atoms with Crippen LogP contribution in [-0.4, -0.2) is 30.2 Å². The monoisotopic (exact) mass is 449 g/mol. The fourth-order valence-corrected chi connectivity index (χ4v) is 3.99. The minimum atomic E-state index is -0.888. The van der Waals surface area contributed by atoms with Crippen molar-refractivity contribution in [3.63, 3.8) is 0 Å². The zero-order chi connectivity index (χ0) is 24.1. The Balaban J connectivity index is 0.00000149. The third-order valence-corrected chi connectivity index (χ3v) is 5.70. The molecule has 1 atom stereocenters. The topological polar surface area (TPSA) is 76.1 Å². The summed E-state index contributed by atoms with van der Waals surface area (Å²) in [4.78, 5) is 26.2. The van der Waals surface area contributed by atoms with Gasteiger partial charge in [-0.25, -0.2) is 0 Å². The second kappa shape index (κ2) is 10.4. The Morgan fingerprint density at radius 3 is 2.21 bits per heavy atom. The van der Waals surface area contributed by atoms with Crippen LogP contribution in [0.5, 0.6) is 11.5 Å². The van der Waals surface area contributed by atoms with Crippen LogP contribution < -0.4 is 14.4 Å². The largest absolute Gasteiger partial charge is 0.496 e. The molecule has 0 saturated heterocycles. The molecular formula is C27H31NO5. The van der Waals surface area contributed by atoms with Crippen molar-refractivity contribution < 1.29 is 24.2 Å². The Kier molecular flexibility index (Phi) is 7.59. The number of fused-ring (bicyclic) bond motifs is 2. The van der Waals surface area contributed by atoms with E-state index in [4.69, 9.17) is 14.6 Å². The molecule has 0 radical (unpaired) electrons. The van der Waals surface area contributed by atoms with Crippen molar-refractivity contribution in [2.45, 2.75) is 53.2 Å². The summed E-state index contributed by atoms with van der Waals surface area (Å²) >= 11 is 0. The van der Waals surface area contributed by atoms with E-state index in [9.17, 15) is 9.59 Å². The average Bonchev–Trinajstić information content (AvgIpc) is 3.17. The number of nitrogens with zero attached hydrogens (tertiary/aromatic N) is 1. The molecule has 3 aromatic carbocycles. The third-order valence-electron chi connectivity index (χ3n) is 5.70. The van der Waals surface area contributed by atoms with Crippen LogP contribution in [0.15, 0.2) is 48.5 Å². The smallest absolute Gasteiger partial charge is 0.307 e. The first kappa shape index (κ1) is 24.1. The van der Waals surface area contributed by atoms with Crippen LogP contribution in [0.25, 0.3) is 10.8 Å². The molecule has 1 unspecified atom stereocenters. The van der Waals surface area contributed by atoms with Crippen molar-refractivity contribution in [2.75, 3.05) is 12.0 Å². The second-order valence-corrected chi connectivity index (χ2v) is 7.73. The molecule has 33 heavy (non-hydrogen) atoms. The number of amides is 1. The van der Waals surface area contributed by atoms with E-state index in [0.717, 1.165) is 22.8 Å². The Labute approximate surface area is 194 Å². The van der Waals surface area contributed by atoms with E-state index in [-0.39, 0.29) is 18.4 Å². The fourth-order valence-electron chi connectivity index (χ4n) is 3.99. The number of carbonyl (C=O) groups is 2. The van der Waals surface area contributed by atoms with Crippen LogP contribution in [0.3, 0.4) is 0 Å². The number of hydrogen-bond acceptors (Lipinski definition) is 4. The molecule has 1 aliphatic rings. The van der Waals surface area contributed by atoms with Crippen molar-refractivity contribution in [3.8, 4) is 11.5 Å². The molecule has 1 N–H and O–H groups in total. The maximum absolute atomic E-state index is 13.6. The van der Waals surface area contributed by atoms with Crippen molar-refractivity contribution in [2.24, 2.45) is 0 Å². The highest BCUT2D eigenvalue weighted by Crippen LogP contribution is 2.46. The molecule has 6 heteroatoms. The number of benzene rings is 3. The van der Waals surface area contributed by atoms with Gasteiger partial charge in [0.05, 0.1) is 31.7 Å². The number of hydrogen-bond donors (Lipinski definition) is 1. The van der Waals surface area contributed by atoms with Crippen LogP contribution in [0.4, 0.5) is 5.69 Å². The van der Waals surface area contributed by atoms with Crippen molar-refractivity contribution in [3.05, 3.63) is 65.2 Å². The molecule has 174 valence electrons. The van der Waals surface area contributed by atoms with Crippen molar-refractivity contribution >= 4 is 28.3 Å². The molecule has 4 rings (SSSR count). The van der Waals surface area contributed by atoms with Gasteiger partial charge in [0.1, 0.15) is 11.5 Å². The molecule has 0 fully saturated rings. The van der Waals surface area contributed by atoms with E-state index in [1.54, 1.807) is 36.3 Å². The second-order valence-electron chi connectivity index (χ2n) is 7.73. The van der Waals surface area contributed by atoms with E-state index < -0.39 is 5.97 Å². The van der Waals surface area contributed by atoms with E-state index in [1.165, 1.54) is 0 Å². The van der Waals surface area contributed by atoms with Gasteiger partial charge in [0.15, 0.2) is 0 Å². The number of rotatable bonds is 7. The molecule has 0 aromatic heterocycles. The number of aliphatic carboxylic acids is 1. The number of carbonyl (C=O) groups excluding carboxylic acids is 1. The van der Waals surface area contributed by atoms with E-state index in [1.807, 2.05) is 52.0 Å². The molecular weight excluding hydrogens is 418 g/mol. The van der Waals surface area contributed by atoms with Crippen LogP contribution in [-0.2, 0) is 17.8 Å². The Morgan fingerprint density at radius 2 is 1.67 bits per heavy atom. The summed E-state index contributed by atoms with van der Waals surface area (Å²) in [6, 6.07) is 14.8. The molecule has 1 amide bonds. The van der Waals surface area contributed by atoms with Gasteiger partial charge in [-0.15, -0.1) is 0 Å². The molecule has 1 heterocycles. The highest BCUT2D eigenvalue weighted by molar-refractivity contribution is 6.16. The fraction of sp³-hybridized carbons (Fsp3) is 0.333. The first-order valence-corrected chi connectivity index (χ1v) is 11.3. The van der Waals surface area contributed by atoms with Gasteiger partial charge in [0.25, 0.3) is 5.91 Å². The van der Waals surface area contributed by atoms with Crippen LogP contribution in [0.1, 0.15) is 55.6 Å². The zero-order valence-electron chi connectivity index (χ0n) is 19.8. The standard InChI is InChI=1S/C25H25NO5.C2H6/c1-4-15(2)31-24-19-8-6-5-7-18(19)23(30-3)20-14-26(25(29)22(20)24)17-11-9-16(10-12-17)13-21(27)28;1-2/h5-12,15H,4,13-14H2,1-3H3,(H,27,28);1-2H3. The Bertz CT molecular complexity index is 1150. The van der Waals surface area contributed by atoms with Crippen LogP contribution in [0, 0.1) is 0 Å². The quantitative estimate of drug-likeness (QED) is 0.490. The lowest BCUT2D eigenvalue weighted by atomic mass is 9.99. The number of carboxylic acid groups (broad SMARTS) is 1. The number of ether oxygens (including phenoxy) is 2. The molecule has 0 aliphatic carbocycles. The minimum Gasteiger partial charge on any atom is -0.496 e. The predicted octanol–water partition coefficient (Wildman–Crippen LogP) is 5.84. The first-order valence-electron chi connectivity index (χ1n) is 11.3. The lowest BCUT2D eigenvalue weighted by Crippen LogP contribution is -2.23. The first-order chi connectivity index (χ1) is 15.9. The van der Waals surface area contributed by atoms with Crippen LogP contribution in [0.2, 0.25) is 0 Å². The van der Waals surface area contributed by atoms with Crippen LogP contribution >= 0.6 is 0 Å². The lowest BCUT2D eigenvalue weighted by molar-refractivity contribution is -0.136.